The zero-order valence-corrected chi connectivity index (χ0v) is 11.6. The first-order chi connectivity index (χ1) is 9.66. The number of anilines is 1. The molecule has 0 unspecified atom stereocenters. The van der Waals surface area contributed by atoms with Gasteiger partial charge in [-0.25, -0.2) is 0 Å². The molecular formula is C16H21NO3. The second kappa shape index (κ2) is 7.08. The number of carboxylic acids is 1. The number of hydrogen-bond acceptors (Lipinski definition) is 2. The van der Waals surface area contributed by atoms with Gasteiger partial charge < -0.3 is 10.0 Å². The molecule has 1 fully saturated rings. The Balaban J connectivity index is 2.04. The van der Waals surface area contributed by atoms with Gasteiger partial charge in [-0.2, -0.15) is 0 Å². The largest absolute Gasteiger partial charge is 0.481 e. The van der Waals surface area contributed by atoms with Gasteiger partial charge in [-0.1, -0.05) is 31.0 Å². The number of carbonyl (C=O) groups excluding carboxylic acids is 1. The molecule has 0 aromatic heterocycles. The van der Waals surface area contributed by atoms with E-state index in [1.807, 2.05) is 30.3 Å². The van der Waals surface area contributed by atoms with Gasteiger partial charge in [0.15, 0.2) is 0 Å². The Bertz CT molecular complexity index is 452. The summed E-state index contributed by atoms with van der Waals surface area (Å²) < 4.78 is 0. The quantitative estimate of drug-likeness (QED) is 0.868. The van der Waals surface area contributed by atoms with Crippen molar-refractivity contribution in [2.75, 3.05) is 11.4 Å². The summed E-state index contributed by atoms with van der Waals surface area (Å²) in [5.41, 5.74) is 0.789. The maximum Gasteiger partial charge on any atom is 0.305 e. The van der Waals surface area contributed by atoms with Crippen molar-refractivity contribution in [1.82, 2.24) is 0 Å². The highest BCUT2D eigenvalue weighted by Gasteiger charge is 2.23. The Morgan fingerprint density at radius 3 is 2.40 bits per heavy atom. The molecule has 1 saturated carbocycles. The first-order valence-electron chi connectivity index (χ1n) is 7.24. The normalized spacial score (nSPS) is 15.2. The summed E-state index contributed by atoms with van der Waals surface area (Å²) in [4.78, 5) is 24.8. The minimum absolute atomic E-state index is 0.0225. The highest BCUT2D eigenvalue weighted by molar-refractivity contribution is 5.93. The highest BCUT2D eigenvalue weighted by atomic mass is 16.4. The fraction of sp³-hybridized carbons (Fsp3) is 0.500. The number of benzene rings is 1. The van der Waals surface area contributed by atoms with Crippen LogP contribution in [0.4, 0.5) is 5.69 Å². The van der Waals surface area contributed by atoms with Crippen LogP contribution in [0.5, 0.6) is 0 Å². The van der Waals surface area contributed by atoms with Crippen molar-refractivity contribution in [2.45, 2.75) is 38.5 Å². The summed E-state index contributed by atoms with van der Waals surface area (Å²) in [6.45, 7) is 0.241. The maximum atomic E-state index is 12.4. The standard InChI is InChI=1S/C16H21NO3/c18-15(12-13-6-4-5-7-13)17(11-10-16(19)20)14-8-2-1-3-9-14/h1-3,8-9,13H,4-7,10-12H2,(H,19,20). The van der Waals surface area contributed by atoms with Gasteiger partial charge in [-0.15, -0.1) is 0 Å². The monoisotopic (exact) mass is 275 g/mol. The number of hydrogen-bond donors (Lipinski definition) is 1. The van der Waals surface area contributed by atoms with E-state index in [2.05, 4.69) is 0 Å². The molecule has 1 aromatic rings. The van der Waals surface area contributed by atoms with Gasteiger partial charge in [0.2, 0.25) is 5.91 Å². The van der Waals surface area contributed by atoms with Crippen molar-refractivity contribution in [1.29, 1.82) is 0 Å². The SMILES string of the molecule is O=C(O)CCN(C(=O)CC1CCCC1)c1ccccc1. The minimum atomic E-state index is -0.875. The average Bonchev–Trinajstić information content (AvgIpc) is 2.92. The molecule has 0 bridgehead atoms. The Morgan fingerprint density at radius 2 is 1.80 bits per heavy atom. The molecule has 0 spiro atoms. The van der Waals surface area contributed by atoms with E-state index in [4.69, 9.17) is 5.11 Å². The Hall–Kier alpha value is -1.84. The number of rotatable bonds is 6. The van der Waals surface area contributed by atoms with E-state index in [1.165, 1.54) is 12.8 Å². The summed E-state index contributed by atoms with van der Waals surface area (Å²) in [6.07, 6.45) is 5.16. The minimum Gasteiger partial charge on any atom is -0.481 e. The smallest absolute Gasteiger partial charge is 0.305 e. The van der Waals surface area contributed by atoms with Crippen LogP contribution in [0.15, 0.2) is 30.3 Å². The van der Waals surface area contributed by atoms with Crippen LogP contribution in [0.3, 0.4) is 0 Å². The number of carboxylic acid groups (broad SMARTS) is 1. The molecule has 2 rings (SSSR count). The number of aliphatic carboxylic acids is 1. The Kier molecular flexibility index (Phi) is 5.16. The molecule has 1 aromatic carbocycles. The van der Waals surface area contributed by atoms with Crippen molar-refractivity contribution in [3.8, 4) is 0 Å². The van der Waals surface area contributed by atoms with Crippen LogP contribution in [0.1, 0.15) is 38.5 Å². The summed E-state index contributed by atoms with van der Waals surface area (Å²) in [6, 6.07) is 9.33. The average molecular weight is 275 g/mol. The molecule has 1 N–H and O–H groups in total. The zero-order valence-electron chi connectivity index (χ0n) is 11.6. The molecule has 108 valence electrons. The Morgan fingerprint density at radius 1 is 1.15 bits per heavy atom. The van der Waals surface area contributed by atoms with Gasteiger partial charge in [0.05, 0.1) is 6.42 Å². The third-order valence-corrected chi connectivity index (χ3v) is 3.86. The third kappa shape index (κ3) is 4.08. The van der Waals surface area contributed by atoms with E-state index in [0.29, 0.717) is 12.3 Å². The molecule has 20 heavy (non-hydrogen) atoms. The van der Waals surface area contributed by atoms with E-state index >= 15 is 0 Å². The van der Waals surface area contributed by atoms with E-state index in [9.17, 15) is 9.59 Å². The van der Waals surface area contributed by atoms with Gasteiger partial charge in [0, 0.05) is 18.7 Å². The van der Waals surface area contributed by atoms with Crippen LogP contribution < -0.4 is 4.90 Å². The zero-order chi connectivity index (χ0) is 14.4. The van der Waals surface area contributed by atoms with Gasteiger partial charge in [0.1, 0.15) is 0 Å². The molecule has 0 heterocycles. The van der Waals surface area contributed by atoms with Crippen LogP contribution in [0, 0.1) is 5.92 Å². The van der Waals surface area contributed by atoms with Crippen molar-refractivity contribution >= 4 is 17.6 Å². The summed E-state index contributed by atoms with van der Waals surface area (Å²) in [5.74, 6) is -0.359. The van der Waals surface area contributed by atoms with Gasteiger partial charge >= 0.3 is 5.97 Å². The number of amides is 1. The van der Waals surface area contributed by atoms with E-state index < -0.39 is 5.97 Å². The molecule has 0 aliphatic heterocycles. The van der Waals surface area contributed by atoms with E-state index in [1.54, 1.807) is 4.90 Å². The van der Waals surface area contributed by atoms with Gasteiger partial charge in [-0.05, 0) is 30.9 Å². The second-order valence-corrected chi connectivity index (χ2v) is 5.38. The van der Waals surface area contributed by atoms with Crippen molar-refractivity contribution in [3.63, 3.8) is 0 Å². The molecule has 0 radical (unpaired) electrons. The molecule has 4 heteroatoms. The fourth-order valence-electron chi connectivity index (χ4n) is 2.78. The first-order valence-corrected chi connectivity index (χ1v) is 7.24. The van der Waals surface area contributed by atoms with Crippen LogP contribution in [0.2, 0.25) is 0 Å². The lowest BCUT2D eigenvalue weighted by Gasteiger charge is -2.23. The molecular weight excluding hydrogens is 254 g/mol. The molecule has 0 atom stereocenters. The Labute approximate surface area is 119 Å². The van der Waals surface area contributed by atoms with Crippen LogP contribution in [-0.2, 0) is 9.59 Å². The predicted octanol–water partition coefficient (Wildman–Crippen LogP) is 3.07. The lowest BCUT2D eigenvalue weighted by Crippen LogP contribution is -2.34. The highest BCUT2D eigenvalue weighted by Crippen LogP contribution is 2.29. The number of nitrogens with zero attached hydrogens (tertiary/aromatic N) is 1. The fourth-order valence-corrected chi connectivity index (χ4v) is 2.78. The summed E-state index contributed by atoms with van der Waals surface area (Å²) in [5, 5.41) is 8.84. The summed E-state index contributed by atoms with van der Waals surface area (Å²) >= 11 is 0. The third-order valence-electron chi connectivity index (χ3n) is 3.86. The molecule has 1 aliphatic carbocycles. The molecule has 1 aliphatic rings. The van der Waals surface area contributed by atoms with Crippen LogP contribution >= 0.6 is 0 Å². The van der Waals surface area contributed by atoms with Crippen molar-refractivity contribution < 1.29 is 14.7 Å². The molecule has 1 amide bonds. The lowest BCUT2D eigenvalue weighted by atomic mass is 10.0. The first kappa shape index (κ1) is 14.6. The maximum absolute atomic E-state index is 12.4. The number of carbonyl (C=O) groups is 2. The summed E-state index contributed by atoms with van der Waals surface area (Å²) in [7, 11) is 0. The van der Waals surface area contributed by atoms with E-state index in [-0.39, 0.29) is 18.9 Å². The lowest BCUT2D eigenvalue weighted by molar-refractivity contribution is -0.136. The number of para-hydroxylation sites is 1. The van der Waals surface area contributed by atoms with Crippen molar-refractivity contribution in [3.05, 3.63) is 30.3 Å². The molecule has 4 nitrogen and oxygen atoms in total. The van der Waals surface area contributed by atoms with Crippen LogP contribution in [-0.4, -0.2) is 23.5 Å². The van der Waals surface area contributed by atoms with E-state index in [0.717, 1.165) is 18.5 Å². The van der Waals surface area contributed by atoms with Crippen LogP contribution in [0.25, 0.3) is 0 Å². The topological polar surface area (TPSA) is 57.6 Å². The van der Waals surface area contributed by atoms with Crippen molar-refractivity contribution in [2.24, 2.45) is 5.92 Å². The van der Waals surface area contributed by atoms with Gasteiger partial charge in [-0.3, -0.25) is 9.59 Å². The predicted molar refractivity (Wildman–Crippen MR) is 77.6 cm³/mol. The second-order valence-electron chi connectivity index (χ2n) is 5.38. The van der Waals surface area contributed by atoms with Gasteiger partial charge in [0.25, 0.3) is 0 Å². The molecule has 0 saturated heterocycles.